The minimum Gasteiger partial charge on any atom is -0.496 e. The molecule has 0 spiro atoms. The van der Waals surface area contributed by atoms with Crippen molar-refractivity contribution >= 4 is 5.69 Å². The summed E-state index contributed by atoms with van der Waals surface area (Å²) in [5, 5.41) is 0. The number of anilines is 1. The van der Waals surface area contributed by atoms with Crippen LogP contribution < -0.4 is 9.64 Å². The van der Waals surface area contributed by atoms with Gasteiger partial charge in [-0.25, -0.2) is 15.0 Å². The van der Waals surface area contributed by atoms with Crippen molar-refractivity contribution in [2.75, 3.05) is 38.2 Å². The van der Waals surface area contributed by atoms with Gasteiger partial charge in [-0.2, -0.15) is 0 Å². The first-order valence-corrected chi connectivity index (χ1v) is 10.7. The zero-order chi connectivity index (χ0) is 19.6. The van der Waals surface area contributed by atoms with Crippen molar-refractivity contribution in [3.05, 3.63) is 30.7 Å². The monoisotopic (exact) mass is 392 g/mol. The molecule has 5 rings (SSSR count). The van der Waals surface area contributed by atoms with E-state index in [-0.39, 0.29) is 0 Å². The number of H-pyrrole nitrogens is 1. The van der Waals surface area contributed by atoms with Crippen LogP contribution in [0, 0.1) is 0 Å². The van der Waals surface area contributed by atoms with Crippen molar-refractivity contribution in [2.24, 2.45) is 0 Å². The summed E-state index contributed by atoms with van der Waals surface area (Å²) in [6, 6.07) is 7.16. The molecule has 1 saturated heterocycles. The van der Waals surface area contributed by atoms with Crippen molar-refractivity contribution in [2.45, 2.75) is 38.1 Å². The summed E-state index contributed by atoms with van der Waals surface area (Å²) in [6.07, 6.45) is 10.3. The number of nitrogens with zero attached hydrogens (tertiary/aromatic N) is 5. The quantitative estimate of drug-likeness (QED) is 0.734. The summed E-state index contributed by atoms with van der Waals surface area (Å²) < 4.78 is 5.70. The summed E-state index contributed by atoms with van der Waals surface area (Å²) >= 11 is 0. The molecule has 7 nitrogen and oxygen atoms in total. The molecule has 1 aromatic rings. The highest BCUT2D eigenvalue weighted by molar-refractivity contribution is 5.72. The Labute approximate surface area is 171 Å². The number of fused-ring (bicyclic) bond motifs is 1. The molecule has 4 aliphatic rings. The molecule has 0 atom stereocenters. The van der Waals surface area contributed by atoms with Crippen LogP contribution in [0.15, 0.2) is 30.7 Å². The lowest BCUT2D eigenvalue weighted by Crippen LogP contribution is -2.50. The Balaban J connectivity index is 1.33. The highest BCUT2D eigenvalue weighted by Gasteiger charge is 2.26. The maximum Gasteiger partial charge on any atom is 0.166 e. The minimum absolute atomic E-state index is 0.662. The fourth-order valence-corrected chi connectivity index (χ4v) is 4.73. The van der Waals surface area contributed by atoms with E-state index in [1.165, 1.54) is 37.8 Å². The van der Waals surface area contributed by atoms with Crippen LogP contribution in [0.1, 0.15) is 32.1 Å². The van der Waals surface area contributed by atoms with E-state index in [1.807, 2.05) is 0 Å². The Morgan fingerprint density at radius 2 is 1.86 bits per heavy atom. The largest absolute Gasteiger partial charge is 0.496 e. The van der Waals surface area contributed by atoms with E-state index in [2.05, 4.69) is 47.9 Å². The normalized spacial score (nSPS) is 19.0. The highest BCUT2D eigenvalue weighted by atomic mass is 16.5. The van der Waals surface area contributed by atoms with Gasteiger partial charge in [-0.1, -0.05) is 19.3 Å². The predicted octanol–water partition coefficient (Wildman–Crippen LogP) is 3.43. The molecule has 0 amide bonds. The molecular weight excluding hydrogens is 364 g/mol. The summed E-state index contributed by atoms with van der Waals surface area (Å²) in [4.78, 5) is 21.5. The molecule has 3 heterocycles. The fourth-order valence-electron chi connectivity index (χ4n) is 4.73. The first-order chi connectivity index (χ1) is 14.3. The van der Waals surface area contributed by atoms with Crippen LogP contribution in [-0.4, -0.2) is 64.2 Å². The Hall–Kier alpha value is -2.67. The third-order valence-electron chi connectivity index (χ3n) is 6.36. The standard InChI is InChI=1S/C22H28N6O/c1-29-20-13-17(28-11-9-27(10-12-28)16-5-3-2-4-6-16)7-8-18(20)21-25-19-14-23-15-24-22(19)26-21/h7-8,13-16H,2-6,9-12H2,1H3,(H,23,24,25,26). The number of methoxy groups -OCH3 is 1. The second-order valence-electron chi connectivity index (χ2n) is 8.03. The molecule has 152 valence electrons. The number of benzene rings is 1. The van der Waals surface area contributed by atoms with Crippen molar-refractivity contribution < 1.29 is 4.74 Å². The molecule has 29 heavy (non-hydrogen) atoms. The summed E-state index contributed by atoms with van der Waals surface area (Å²) in [5.74, 6) is 2.20. The van der Waals surface area contributed by atoms with Crippen LogP contribution >= 0.6 is 0 Å². The molecule has 1 saturated carbocycles. The van der Waals surface area contributed by atoms with Gasteiger partial charge in [0.2, 0.25) is 0 Å². The number of imidazole rings is 1. The molecule has 2 fully saturated rings. The Morgan fingerprint density at radius 1 is 1.03 bits per heavy atom. The molecular formula is C22H28N6O. The third kappa shape index (κ3) is 3.67. The molecule has 3 aliphatic heterocycles. The van der Waals surface area contributed by atoms with Crippen LogP contribution in [-0.2, 0) is 0 Å². The van der Waals surface area contributed by atoms with Crippen molar-refractivity contribution in [3.63, 3.8) is 0 Å². The summed E-state index contributed by atoms with van der Waals surface area (Å²) in [5.41, 5.74) is 2.87. The number of aromatic nitrogens is 4. The number of hydrogen-bond acceptors (Lipinski definition) is 6. The molecule has 7 heteroatoms. The van der Waals surface area contributed by atoms with E-state index in [0.29, 0.717) is 5.82 Å². The average molecular weight is 393 g/mol. The minimum atomic E-state index is 0.662. The van der Waals surface area contributed by atoms with Crippen LogP contribution in [0.5, 0.6) is 5.75 Å². The van der Waals surface area contributed by atoms with Gasteiger partial charge < -0.3 is 14.6 Å². The van der Waals surface area contributed by atoms with Crippen molar-refractivity contribution in [3.8, 4) is 28.7 Å². The lowest BCUT2D eigenvalue weighted by Gasteiger charge is -2.41. The van der Waals surface area contributed by atoms with E-state index in [9.17, 15) is 0 Å². The van der Waals surface area contributed by atoms with Gasteiger partial charge in [0.1, 0.15) is 11.4 Å². The smallest absolute Gasteiger partial charge is 0.166 e. The van der Waals surface area contributed by atoms with Gasteiger partial charge >= 0.3 is 0 Å². The van der Waals surface area contributed by atoms with Gasteiger partial charge in [0.05, 0.1) is 25.2 Å². The van der Waals surface area contributed by atoms with E-state index in [0.717, 1.165) is 55.1 Å². The highest BCUT2D eigenvalue weighted by Crippen LogP contribution is 2.34. The number of ether oxygens (including phenoxy) is 1. The molecule has 1 aliphatic carbocycles. The van der Waals surface area contributed by atoms with Crippen LogP contribution in [0.25, 0.3) is 22.9 Å². The third-order valence-corrected chi connectivity index (χ3v) is 6.36. The molecule has 1 N–H and O–H groups in total. The Morgan fingerprint density at radius 3 is 2.62 bits per heavy atom. The van der Waals surface area contributed by atoms with E-state index >= 15 is 0 Å². The second-order valence-corrected chi connectivity index (χ2v) is 8.03. The Kier molecular flexibility index (Phi) is 5.06. The van der Waals surface area contributed by atoms with Crippen molar-refractivity contribution in [1.82, 2.24) is 24.8 Å². The van der Waals surface area contributed by atoms with Gasteiger partial charge in [-0.3, -0.25) is 4.90 Å². The molecule has 0 radical (unpaired) electrons. The number of piperazine rings is 1. The first-order valence-electron chi connectivity index (χ1n) is 10.7. The molecule has 0 aromatic heterocycles. The van der Waals surface area contributed by atoms with Gasteiger partial charge in [-0.15, -0.1) is 0 Å². The average Bonchev–Trinajstić information content (AvgIpc) is 3.23. The maximum absolute atomic E-state index is 5.70. The Bertz CT molecular complexity index is 897. The first kappa shape index (κ1) is 18.4. The van der Waals surface area contributed by atoms with Crippen molar-refractivity contribution in [1.29, 1.82) is 0 Å². The zero-order valence-corrected chi connectivity index (χ0v) is 17.0. The van der Waals surface area contributed by atoms with Crippen LogP contribution in [0.2, 0.25) is 0 Å². The van der Waals surface area contributed by atoms with Crippen LogP contribution in [0.3, 0.4) is 0 Å². The van der Waals surface area contributed by atoms with E-state index < -0.39 is 0 Å². The number of nitrogens with one attached hydrogen (secondary N) is 1. The fraction of sp³-hybridized carbons (Fsp3) is 0.500. The van der Waals surface area contributed by atoms with E-state index in [1.54, 1.807) is 19.6 Å². The number of hydrogen-bond donors (Lipinski definition) is 1. The number of aromatic amines is 1. The van der Waals surface area contributed by atoms with Crippen LogP contribution in [0.4, 0.5) is 5.69 Å². The molecule has 0 unspecified atom stereocenters. The molecule has 0 bridgehead atoms. The zero-order valence-electron chi connectivity index (χ0n) is 17.0. The lowest BCUT2D eigenvalue weighted by atomic mass is 9.94. The second kappa shape index (κ2) is 7.99. The van der Waals surface area contributed by atoms with Gasteiger partial charge in [0.25, 0.3) is 0 Å². The molecule has 1 aromatic carbocycles. The summed E-state index contributed by atoms with van der Waals surface area (Å²) in [7, 11) is 1.71. The maximum atomic E-state index is 5.70. The van der Waals surface area contributed by atoms with Gasteiger partial charge in [0.15, 0.2) is 11.6 Å². The predicted molar refractivity (Wildman–Crippen MR) is 113 cm³/mol. The lowest BCUT2D eigenvalue weighted by molar-refractivity contribution is 0.148. The van der Waals surface area contributed by atoms with Gasteiger partial charge in [0, 0.05) is 44.0 Å². The van der Waals surface area contributed by atoms with Gasteiger partial charge in [-0.05, 0) is 25.0 Å². The SMILES string of the molecule is COc1cc(N2CCN(C3CCCCC3)CC2)ccc1-c1nc2cnc[nH]c-2n1. The van der Waals surface area contributed by atoms with E-state index in [4.69, 9.17) is 4.74 Å². The number of rotatable bonds is 4. The summed E-state index contributed by atoms with van der Waals surface area (Å²) in [6.45, 7) is 4.43. The topological polar surface area (TPSA) is 70.2 Å².